The molecule has 4 rings (SSSR count). The average molecular weight is 420 g/mol. The third-order valence-electron chi connectivity index (χ3n) is 5.22. The summed E-state index contributed by atoms with van der Waals surface area (Å²) < 4.78 is 1.24. The second-order valence-electron chi connectivity index (χ2n) is 6.90. The van der Waals surface area contributed by atoms with Crippen LogP contribution in [0.2, 0.25) is 10.0 Å². The molecule has 1 N–H and O–H groups in total. The first kappa shape index (κ1) is 18.8. The topological polar surface area (TPSA) is 40.5 Å². The molecular weight excluding hydrogens is 401 g/mol. The molecule has 0 bridgehead atoms. The molecule has 27 heavy (non-hydrogen) atoms. The van der Waals surface area contributed by atoms with Gasteiger partial charge in [0.05, 0.1) is 12.0 Å². The maximum atomic E-state index is 11.3. The van der Waals surface area contributed by atoms with Crippen LogP contribution in [0.4, 0.5) is 0 Å². The van der Waals surface area contributed by atoms with Gasteiger partial charge in [0, 0.05) is 19.6 Å². The summed E-state index contributed by atoms with van der Waals surface area (Å²) in [6, 6.07) is 16.2. The Morgan fingerprint density at radius 2 is 1.85 bits per heavy atom. The van der Waals surface area contributed by atoms with Crippen molar-refractivity contribution in [2.24, 2.45) is 5.92 Å². The summed E-state index contributed by atoms with van der Waals surface area (Å²) >= 11 is 14.4. The van der Waals surface area contributed by atoms with Crippen LogP contribution in [-0.2, 0) is 4.79 Å². The van der Waals surface area contributed by atoms with Crippen LogP contribution in [0.25, 0.3) is 10.1 Å². The third kappa shape index (κ3) is 3.85. The van der Waals surface area contributed by atoms with Gasteiger partial charge in [-0.15, -0.1) is 11.3 Å². The largest absolute Gasteiger partial charge is 0.481 e. The minimum Gasteiger partial charge on any atom is -0.481 e. The van der Waals surface area contributed by atoms with Crippen LogP contribution in [0.1, 0.15) is 29.3 Å². The number of halogens is 2. The summed E-state index contributed by atoms with van der Waals surface area (Å²) in [6.45, 7) is 1.46. The van der Waals surface area contributed by atoms with Gasteiger partial charge in [0.2, 0.25) is 0 Å². The SMILES string of the molecule is O=C(O)C1CCN(C(c2cc3ccccc3s2)c2ccc(Cl)cc2Cl)CC1. The highest BCUT2D eigenvalue weighted by molar-refractivity contribution is 7.19. The summed E-state index contributed by atoms with van der Waals surface area (Å²) in [7, 11) is 0. The Kier molecular flexibility index (Phi) is 5.42. The highest BCUT2D eigenvalue weighted by Crippen LogP contribution is 2.41. The number of carboxylic acids is 1. The molecule has 1 saturated heterocycles. The Labute approximate surface area is 172 Å². The lowest BCUT2D eigenvalue weighted by Gasteiger charge is -2.36. The van der Waals surface area contributed by atoms with Gasteiger partial charge in [-0.1, -0.05) is 47.5 Å². The number of carboxylic acid groups (broad SMARTS) is 1. The maximum Gasteiger partial charge on any atom is 0.306 e. The second kappa shape index (κ2) is 7.80. The van der Waals surface area contributed by atoms with Crippen molar-refractivity contribution in [3.63, 3.8) is 0 Å². The van der Waals surface area contributed by atoms with Crippen molar-refractivity contribution in [1.29, 1.82) is 0 Å². The minimum atomic E-state index is -0.697. The van der Waals surface area contributed by atoms with E-state index in [0.29, 0.717) is 22.9 Å². The van der Waals surface area contributed by atoms with Crippen LogP contribution >= 0.6 is 34.5 Å². The van der Waals surface area contributed by atoms with Crippen molar-refractivity contribution in [3.8, 4) is 0 Å². The van der Waals surface area contributed by atoms with Gasteiger partial charge < -0.3 is 5.11 Å². The van der Waals surface area contributed by atoms with Gasteiger partial charge in [0.1, 0.15) is 0 Å². The second-order valence-corrected chi connectivity index (χ2v) is 8.86. The van der Waals surface area contributed by atoms with Gasteiger partial charge in [-0.05, 0) is 61.1 Å². The molecule has 0 spiro atoms. The van der Waals surface area contributed by atoms with Crippen LogP contribution in [0.5, 0.6) is 0 Å². The molecule has 1 atom stereocenters. The van der Waals surface area contributed by atoms with E-state index in [-0.39, 0.29) is 12.0 Å². The molecule has 3 nitrogen and oxygen atoms in total. The Morgan fingerprint density at radius 3 is 2.52 bits per heavy atom. The molecule has 1 aromatic heterocycles. The first-order valence-electron chi connectivity index (χ1n) is 8.93. The fourth-order valence-corrected chi connectivity index (χ4v) is 5.53. The third-order valence-corrected chi connectivity index (χ3v) is 6.95. The smallest absolute Gasteiger partial charge is 0.306 e. The Morgan fingerprint density at radius 1 is 1.11 bits per heavy atom. The van der Waals surface area contributed by atoms with Gasteiger partial charge in [-0.25, -0.2) is 0 Å². The van der Waals surface area contributed by atoms with Crippen molar-refractivity contribution in [3.05, 3.63) is 69.0 Å². The number of rotatable bonds is 4. The van der Waals surface area contributed by atoms with E-state index in [0.717, 1.165) is 18.7 Å². The molecule has 2 aromatic carbocycles. The Hall–Kier alpha value is -1.59. The molecule has 0 amide bonds. The van der Waals surface area contributed by atoms with Crippen molar-refractivity contribution < 1.29 is 9.90 Å². The van der Waals surface area contributed by atoms with Crippen LogP contribution in [0.3, 0.4) is 0 Å². The van der Waals surface area contributed by atoms with E-state index >= 15 is 0 Å². The van der Waals surface area contributed by atoms with E-state index in [1.807, 2.05) is 24.3 Å². The number of aliphatic carboxylic acids is 1. The summed E-state index contributed by atoms with van der Waals surface area (Å²) in [5.41, 5.74) is 1.02. The average Bonchev–Trinajstić information content (AvgIpc) is 3.08. The van der Waals surface area contributed by atoms with Crippen LogP contribution < -0.4 is 0 Å². The first-order chi connectivity index (χ1) is 13.0. The Balaban J connectivity index is 1.74. The van der Waals surface area contributed by atoms with Gasteiger partial charge in [0.15, 0.2) is 0 Å². The minimum absolute atomic E-state index is 0.00177. The van der Waals surface area contributed by atoms with Crippen LogP contribution in [0.15, 0.2) is 48.5 Å². The number of nitrogens with zero attached hydrogens (tertiary/aromatic N) is 1. The van der Waals surface area contributed by atoms with Crippen molar-refractivity contribution >= 4 is 50.6 Å². The van der Waals surface area contributed by atoms with Crippen LogP contribution in [0, 0.1) is 5.92 Å². The number of likely N-dealkylation sites (tertiary alicyclic amines) is 1. The zero-order chi connectivity index (χ0) is 19.0. The number of fused-ring (bicyclic) bond motifs is 1. The molecule has 0 radical (unpaired) electrons. The lowest BCUT2D eigenvalue weighted by Crippen LogP contribution is -2.39. The molecule has 1 aliphatic heterocycles. The number of piperidine rings is 1. The first-order valence-corrected chi connectivity index (χ1v) is 10.5. The molecule has 1 unspecified atom stereocenters. The van der Waals surface area contributed by atoms with Crippen molar-refractivity contribution in [2.75, 3.05) is 13.1 Å². The number of benzene rings is 2. The molecule has 2 heterocycles. The number of carbonyl (C=O) groups is 1. The lowest BCUT2D eigenvalue weighted by atomic mass is 9.93. The predicted molar refractivity (Wildman–Crippen MR) is 112 cm³/mol. The van der Waals surface area contributed by atoms with E-state index in [2.05, 4.69) is 23.1 Å². The molecule has 140 valence electrons. The molecule has 3 aromatic rings. The van der Waals surface area contributed by atoms with E-state index in [1.165, 1.54) is 15.0 Å². The highest BCUT2D eigenvalue weighted by atomic mass is 35.5. The summed E-state index contributed by atoms with van der Waals surface area (Å²) in [4.78, 5) is 14.9. The molecule has 6 heteroatoms. The fourth-order valence-electron chi connectivity index (χ4n) is 3.79. The zero-order valence-electron chi connectivity index (χ0n) is 14.6. The van der Waals surface area contributed by atoms with E-state index in [1.54, 1.807) is 17.4 Å². The Bertz CT molecular complexity index is 946. The number of thiophene rings is 1. The van der Waals surface area contributed by atoms with Crippen molar-refractivity contribution in [2.45, 2.75) is 18.9 Å². The standard InChI is InChI=1S/C21H19Cl2NO2S/c22-15-5-6-16(17(23)12-15)20(24-9-7-13(8-10-24)21(25)26)19-11-14-3-1-2-4-18(14)27-19/h1-6,11-13,20H,7-10H2,(H,25,26). The summed E-state index contributed by atoms with van der Waals surface area (Å²) in [5.74, 6) is -0.956. The fraction of sp³-hybridized carbons (Fsp3) is 0.286. The lowest BCUT2D eigenvalue weighted by molar-refractivity contribution is -0.143. The van der Waals surface area contributed by atoms with E-state index in [4.69, 9.17) is 23.2 Å². The quantitative estimate of drug-likeness (QED) is 0.555. The van der Waals surface area contributed by atoms with Gasteiger partial charge >= 0.3 is 5.97 Å². The number of hydrogen-bond donors (Lipinski definition) is 1. The number of hydrogen-bond acceptors (Lipinski definition) is 3. The van der Waals surface area contributed by atoms with Gasteiger partial charge in [-0.2, -0.15) is 0 Å². The van der Waals surface area contributed by atoms with E-state index < -0.39 is 5.97 Å². The summed E-state index contributed by atoms with van der Waals surface area (Å²) in [6.07, 6.45) is 1.31. The van der Waals surface area contributed by atoms with Crippen LogP contribution in [-0.4, -0.2) is 29.1 Å². The normalized spacial score (nSPS) is 17.3. The predicted octanol–water partition coefficient (Wildman–Crippen LogP) is 6.09. The molecule has 0 aliphatic carbocycles. The molecular formula is C21H19Cl2NO2S. The molecule has 1 aliphatic rings. The molecule has 1 fully saturated rings. The van der Waals surface area contributed by atoms with Crippen molar-refractivity contribution in [1.82, 2.24) is 4.90 Å². The monoisotopic (exact) mass is 419 g/mol. The molecule has 0 saturated carbocycles. The highest BCUT2D eigenvalue weighted by Gasteiger charge is 2.32. The zero-order valence-corrected chi connectivity index (χ0v) is 16.9. The maximum absolute atomic E-state index is 11.3. The van der Waals surface area contributed by atoms with Gasteiger partial charge in [0.25, 0.3) is 0 Å². The van der Waals surface area contributed by atoms with Gasteiger partial charge in [-0.3, -0.25) is 9.69 Å². The summed E-state index contributed by atoms with van der Waals surface area (Å²) in [5, 5.41) is 11.8. The van der Waals surface area contributed by atoms with E-state index in [9.17, 15) is 9.90 Å².